The minimum absolute atomic E-state index is 0.0832. The van der Waals surface area contributed by atoms with E-state index in [0.29, 0.717) is 6.42 Å². The lowest BCUT2D eigenvalue weighted by molar-refractivity contribution is 0.374. The zero-order valence-electron chi connectivity index (χ0n) is 12.9. The lowest BCUT2D eigenvalue weighted by atomic mass is 9.92. The third kappa shape index (κ3) is 14.1. The van der Waals surface area contributed by atoms with Crippen LogP contribution in [-0.4, -0.2) is 18.7 Å². The van der Waals surface area contributed by atoms with Crippen molar-refractivity contribution in [3.63, 3.8) is 0 Å². The summed E-state index contributed by atoms with van der Waals surface area (Å²) in [5.41, 5.74) is 0. The molecule has 0 saturated heterocycles. The summed E-state index contributed by atoms with van der Waals surface area (Å²) in [5.74, 6) is 1.54. The van der Waals surface area contributed by atoms with E-state index in [1.165, 1.54) is 38.5 Å². The van der Waals surface area contributed by atoms with Crippen LogP contribution in [0.2, 0.25) is 0 Å². The Bertz CT molecular complexity index is 297. The van der Waals surface area contributed by atoms with Crippen LogP contribution in [0.4, 0.5) is 0 Å². The van der Waals surface area contributed by atoms with E-state index < -0.39 is 10.1 Å². The van der Waals surface area contributed by atoms with Crippen LogP contribution >= 0.6 is 0 Å². The van der Waals surface area contributed by atoms with Gasteiger partial charge in [0, 0.05) is 0 Å². The molecular formula is C15H32O3S. The first-order chi connectivity index (χ1) is 8.83. The normalized spacial score (nSPS) is 13.9. The highest BCUT2D eigenvalue weighted by Gasteiger charge is 2.06. The van der Waals surface area contributed by atoms with Crippen LogP contribution in [-0.2, 0) is 10.1 Å². The van der Waals surface area contributed by atoms with E-state index in [0.717, 1.165) is 24.7 Å². The number of hydrogen-bond donors (Lipinski definition) is 1. The predicted molar refractivity (Wildman–Crippen MR) is 82.0 cm³/mol. The molecule has 1 atom stereocenters. The smallest absolute Gasteiger partial charge is 0.264 e. The van der Waals surface area contributed by atoms with Gasteiger partial charge in [-0.3, -0.25) is 4.55 Å². The Balaban J connectivity index is 3.20. The second kappa shape index (κ2) is 10.7. The van der Waals surface area contributed by atoms with Gasteiger partial charge in [0.1, 0.15) is 0 Å². The topological polar surface area (TPSA) is 54.4 Å². The van der Waals surface area contributed by atoms with Gasteiger partial charge in [-0.05, 0) is 18.3 Å². The summed E-state index contributed by atoms with van der Waals surface area (Å²) in [4.78, 5) is 0. The zero-order valence-corrected chi connectivity index (χ0v) is 13.7. The summed E-state index contributed by atoms with van der Waals surface area (Å²) in [5, 5.41) is 0. The molecule has 0 aliphatic rings. The van der Waals surface area contributed by atoms with Crippen LogP contribution < -0.4 is 0 Å². The van der Waals surface area contributed by atoms with E-state index in [1.807, 2.05) is 0 Å². The van der Waals surface area contributed by atoms with Crippen LogP contribution in [0.1, 0.15) is 78.6 Å². The monoisotopic (exact) mass is 292 g/mol. The second-order valence-electron chi connectivity index (χ2n) is 6.12. The molecule has 0 aliphatic carbocycles. The molecule has 3 nitrogen and oxygen atoms in total. The third-order valence-corrected chi connectivity index (χ3v) is 4.75. The highest BCUT2D eigenvalue weighted by Crippen LogP contribution is 2.18. The van der Waals surface area contributed by atoms with Crippen molar-refractivity contribution in [2.24, 2.45) is 11.8 Å². The first kappa shape index (κ1) is 18.9. The molecule has 0 aromatic carbocycles. The van der Waals surface area contributed by atoms with E-state index >= 15 is 0 Å². The first-order valence-electron chi connectivity index (χ1n) is 7.78. The molecule has 0 spiro atoms. The molecule has 0 aromatic rings. The molecule has 0 radical (unpaired) electrons. The number of rotatable bonds is 12. The molecule has 4 heteroatoms. The molecule has 0 rings (SSSR count). The quantitative estimate of drug-likeness (QED) is 0.420. The van der Waals surface area contributed by atoms with Crippen molar-refractivity contribution in [1.29, 1.82) is 0 Å². The van der Waals surface area contributed by atoms with Crippen LogP contribution in [0, 0.1) is 11.8 Å². The van der Waals surface area contributed by atoms with Gasteiger partial charge in [0.05, 0.1) is 5.75 Å². The molecule has 0 aliphatic heterocycles. The SMILES string of the molecule is CC(C)C(C)CCCCCCCCCCS(=O)(=O)O. The van der Waals surface area contributed by atoms with E-state index in [-0.39, 0.29) is 5.75 Å². The summed E-state index contributed by atoms with van der Waals surface area (Å²) >= 11 is 0. The lowest BCUT2D eigenvalue weighted by Gasteiger charge is -2.14. The minimum Gasteiger partial charge on any atom is -0.286 e. The van der Waals surface area contributed by atoms with E-state index in [2.05, 4.69) is 20.8 Å². The second-order valence-corrected chi connectivity index (χ2v) is 7.70. The number of hydrogen-bond acceptors (Lipinski definition) is 2. The molecule has 1 unspecified atom stereocenters. The van der Waals surface area contributed by atoms with Gasteiger partial charge in [-0.15, -0.1) is 0 Å². The molecule has 19 heavy (non-hydrogen) atoms. The van der Waals surface area contributed by atoms with Crippen molar-refractivity contribution in [2.75, 3.05) is 5.75 Å². The summed E-state index contributed by atoms with van der Waals surface area (Å²) in [6.07, 6.45) is 10.3. The summed E-state index contributed by atoms with van der Waals surface area (Å²) in [6.45, 7) is 6.91. The zero-order chi connectivity index (χ0) is 14.7. The molecular weight excluding hydrogens is 260 g/mol. The molecule has 0 bridgehead atoms. The highest BCUT2D eigenvalue weighted by molar-refractivity contribution is 7.85. The van der Waals surface area contributed by atoms with Crippen LogP contribution in [0.25, 0.3) is 0 Å². The fourth-order valence-electron chi connectivity index (χ4n) is 2.14. The first-order valence-corrected chi connectivity index (χ1v) is 9.39. The molecule has 0 heterocycles. The standard InChI is InChI=1S/C15H32O3S/c1-14(2)15(3)12-10-8-6-4-5-7-9-11-13-19(16,17)18/h14-15H,4-13H2,1-3H3,(H,16,17,18). The third-order valence-electron chi connectivity index (χ3n) is 3.95. The summed E-state index contributed by atoms with van der Waals surface area (Å²) < 4.78 is 29.6. The minimum atomic E-state index is -3.74. The van der Waals surface area contributed by atoms with Gasteiger partial charge in [-0.25, -0.2) is 0 Å². The largest absolute Gasteiger partial charge is 0.286 e. The van der Waals surface area contributed by atoms with Gasteiger partial charge in [-0.1, -0.05) is 72.1 Å². The van der Waals surface area contributed by atoms with Crippen molar-refractivity contribution in [2.45, 2.75) is 78.6 Å². The van der Waals surface area contributed by atoms with Crippen molar-refractivity contribution >= 4 is 10.1 Å². The van der Waals surface area contributed by atoms with Crippen molar-refractivity contribution < 1.29 is 13.0 Å². The Kier molecular flexibility index (Phi) is 10.6. The van der Waals surface area contributed by atoms with Gasteiger partial charge in [-0.2, -0.15) is 8.42 Å². The van der Waals surface area contributed by atoms with Crippen molar-refractivity contribution in [3.8, 4) is 0 Å². The maximum absolute atomic E-state index is 10.5. The summed E-state index contributed by atoms with van der Waals surface area (Å²) in [6, 6.07) is 0. The average molecular weight is 292 g/mol. The Labute approximate surface area is 119 Å². The molecule has 0 amide bonds. The maximum atomic E-state index is 10.5. The predicted octanol–water partition coefficient (Wildman–Crippen LogP) is 4.68. The lowest BCUT2D eigenvalue weighted by Crippen LogP contribution is -2.03. The van der Waals surface area contributed by atoms with Gasteiger partial charge in [0.15, 0.2) is 0 Å². The fraction of sp³-hybridized carbons (Fsp3) is 1.00. The Morgan fingerprint density at radius 1 is 0.789 bits per heavy atom. The van der Waals surface area contributed by atoms with E-state index in [9.17, 15) is 8.42 Å². The molecule has 0 saturated carbocycles. The number of unbranched alkanes of at least 4 members (excludes halogenated alkanes) is 7. The van der Waals surface area contributed by atoms with E-state index in [4.69, 9.17) is 4.55 Å². The molecule has 1 N–H and O–H groups in total. The molecule has 0 aromatic heterocycles. The van der Waals surface area contributed by atoms with Crippen LogP contribution in [0.15, 0.2) is 0 Å². The Hall–Kier alpha value is -0.0900. The van der Waals surface area contributed by atoms with Gasteiger partial charge in [0.2, 0.25) is 0 Å². The summed E-state index contributed by atoms with van der Waals surface area (Å²) in [7, 11) is -3.74. The van der Waals surface area contributed by atoms with E-state index in [1.54, 1.807) is 0 Å². The molecule has 0 fully saturated rings. The van der Waals surface area contributed by atoms with Crippen molar-refractivity contribution in [1.82, 2.24) is 0 Å². The van der Waals surface area contributed by atoms with Crippen LogP contribution in [0.5, 0.6) is 0 Å². The highest BCUT2D eigenvalue weighted by atomic mass is 32.2. The Morgan fingerprint density at radius 3 is 1.63 bits per heavy atom. The fourth-order valence-corrected chi connectivity index (χ4v) is 2.71. The Morgan fingerprint density at radius 2 is 1.21 bits per heavy atom. The van der Waals surface area contributed by atoms with Gasteiger partial charge in [0.25, 0.3) is 10.1 Å². The van der Waals surface area contributed by atoms with Crippen LogP contribution in [0.3, 0.4) is 0 Å². The van der Waals surface area contributed by atoms with Gasteiger partial charge >= 0.3 is 0 Å². The van der Waals surface area contributed by atoms with Crippen molar-refractivity contribution in [3.05, 3.63) is 0 Å². The van der Waals surface area contributed by atoms with Gasteiger partial charge < -0.3 is 0 Å². The molecule has 116 valence electrons. The average Bonchev–Trinajstić information content (AvgIpc) is 2.29. The maximum Gasteiger partial charge on any atom is 0.264 e.